The van der Waals surface area contributed by atoms with E-state index in [1.54, 1.807) is 17.9 Å². The van der Waals surface area contributed by atoms with Gasteiger partial charge in [0.1, 0.15) is 5.82 Å². The second-order valence-corrected chi connectivity index (χ2v) is 5.81. The first-order valence-electron chi connectivity index (χ1n) is 6.27. The summed E-state index contributed by atoms with van der Waals surface area (Å²) in [4.78, 5) is 11.3. The van der Waals surface area contributed by atoms with Crippen molar-refractivity contribution < 1.29 is 14.3 Å². The average Bonchev–Trinajstić information content (AvgIpc) is 2.70. The lowest BCUT2D eigenvalue weighted by Crippen LogP contribution is -2.14. The number of carbonyl (C=O) groups is 1. The Kier molecular flexibility index (Phi) is 3.38. The van der Waals surface area contributed by atoms with E-state index in [4.69, 9.17) is 0 Å². The molecule has 1 heterocycles. The second kappa shape index (κ2) is 4.74. The molecule has 4 nitrogen and oxygen atoms in total. The molecule has 0 saturated carbocycles. The molecule has 1 aromatic carbocycles. The minimum absolute atomic E-state index is 0.0740. The van der Waals surface area contributed by atoms with Crippen LogP contribution in [0, 0.1) is 5.82 Å². The molecule has 0 aliphatic heterocycles. The Balaban J connectivity index is 2.75. The number of halogens is 1. The van der Waals surface area contributed by atoms with Gasteiger partial charge in [0.15, 0.2) is 0 Å². The number of carboxylic acids is 1. The maximum atomic E-state index is 13.5. The van der Waals surface area contributed by atoms with Crippen LogP contribution in [0.4, 0.5) is 4.39 Å². The molecule has 0 spiro atoms. The minimum atomic E-state index is -1.08. The third-order valence-corrected chi connectivity index (χ3v) is 3.04. The van der Waals surface area contributed by atoms with Gasteiger partial charge < -0.3 is 5.11 Å². The summed E-state index contributed by atoms with van der Waals surface area (Å²) >= 11 is 0. The van der Waals surface area contributed by atoms with Gasteiger partial charge in [0.2, 0.25) is 0 Å². The van der Waals surface area contributed by atoms with Crippen LogP contribution in [0.2, 0.25) is 0 Å². The molecule has 0 radical (unpaired) electrons. The number of rotatable bonds is 2. The van der Waals surface area contributed by atoms with Crippen molar-refractivity contribution in [2.75, 3.05) is 0 Å². The molecular weight excluding hydrogens is 259 g/mol. The van der Waals surface area contributed by atoms with Crippen LogP contribution in [0.15, 0.2) is 24.4 Å². The number of aryl methyl sites for hydroxylation is 1. The molecule has 0 fully saturated rings. The van der Waals surface area contributed by atoms with Crippen molar-refractivity contribution in [2.24, 2.45) is 7.05 Å². The number of aromatic nitrogens is 2. The Morgan fingerprint density at radius 3 is 2.50 bits per heavy atom. The molecule has 20 heavy (non-hydrogen) atoms. The standard InChI is InChI=1S/C15H17FN2O2/c1-15(2,3)13-12(8-18(4)17-13)11-7-9(16)5-6-10(11)14(19)20/h5-8H,1-4H3,(H,19,20). The largest absolute Gasteiger partial charge is 0.478 e. The Hall–Kier alpha value is -2.17. The average molecular weight is 276 g/mol. The lowest BCUT2D eigenvalue weighted by molar-refractivity contribution is 0.0697. The van der Waals surface area contributed by atoms with Crippen LogP contribution in [0.25, 0.3) is 11.1 Å². The van der Waals surface area contributed by atoms with Gasteiger partial charge in [0.05, 0.1) is 11.3 Å². The van der Waals surface area contributed by atoms with Gasteiger partial charge in [-0.2, -0.15) is 5.10 Å². The monoisotopic (exact) mass is 276 g/mol. The third-order valence-electron chi connectivity index (χ3n) is 3.04. The Morgan fingerprint density at radius 1 is 1.30 bits per heavy atom. The van der Waals surface area contributed by atoms with Gasteiger partial charge in [-0.05, 0) is 18.2 Å². The first kappa shape index (κ1) is 14.2. The van der Waals surface area contributed by atoms with Crippen LogP contribution in [-0.2, 0) is 12.5 Å². The van der Waals surface area contributed by atoms with E-state index < -0.39 is 11.8 Å². The zero-order valence-corrected chi connectivity index (χ0v) is 11.9. The zero-order chi connectivity index (χ0) is 15.1. The van der Waals surface area contributed by atoms with Gasteiger partial charge in [0, 0.05) is 29.8 Å². The first-order chi connectivity index (χ1) is 9.20. The van der Waals surface area contributed by atoms with Gasteiger partial charge in [-0.1, -0.05) is 20.8 Å². The van der Waals surface area contributed by atoms with Gasteiger partial charge in [0.25, 0.3) is 0 Å². The molecule has 0 amide bonds. The van der Waals surface area contributed by atoms with Crippen molar-refractivity contribution in [3.8, 4) is 11.1 Å². The third kappa shape index (κ3) is 2.57. The van der Waals surface area contributed by atoms with Crippen molar-refractivity contribution in [3.05, 3.63) is 41.5 Å². The van der Waals surface area contributed by atoms with Gasteiger partial charge in [-0.15, -0.1) is 0 Å². The fourth-order valence-corrected chi connectivity index (χ4v) is 2.17. The summed E-state index contributed by atoms with van der Waals surface area (Å²) in [6.45, 7) is 5.95. The van der Waals surface area contributed by atoms with Gasteiger partial charge in [-0.25, -0.2) is 9.18 Å². The molecule has 1 N–H and O–H groups in total. The highest BCUT2D eigenvalue weighted by atomic mass is 19.1. The number of hydrogen-bond donors (Lipinski definition) is 1. The molecule has 1 aromatic heterocycles. The van der Waals surface area contributed by atoms with E-state index in [2.05, 4.69) is 5.10 Å². The Labute approximate surface area is 116 Å². The number of hydrogen-bond acceptors (Lipinski definition) is 2. The van der Waals surface area contributed by atoms with E-state index in [0.29, 0.717) is 11.1 Å². The molecule has 0 unspecified atom stereocenters. The van der Waals surface area contributed by atoms with Crippen LogP contribution in [0.5, 0.6) is 0 Å². The SMILES string of the molecule is Cn1cc(-c2cc(F)ccc2C(=O)O)c(C(C)(C)C)n1. The van der Waals surface area contributed by atoms with Crippen LogP contribution in [-0.4, -0.2) is 20.9 Å². The molecular formula is C15H17FN2O2. The zero-order valence-electron chi connectivity index (χ0n) is 11.9. The van der Waals surface area contributed by atoms with Crippen LogP contribution in [0.1, 0.15) is 36.8 Å². The summed E-state index contributed by atoms with van der Waals surface area (Å²) in [5.74, 6) is -1.54. The molecule has 0 saturated heterocycles. The molecule has 0 aliphatic rings. The lowest BCUT2D eigenvalue weighted by atomic mass is 9.86. The number of nitrogens with zero attached hydrogens (tertiary/aromatic N) is 2. The molecule has 0 atom stereocenters. The highest BCUT2D eigenvalue weighted by Crippen LogP contribution is 2.34. The highest BCUT2D eigenvalue weighted by molar-refractivity contribution is 5.96. The normalized spacial score (nSPS) is 11.7. The van der Waals surface area contributed by atoms with Crippen molar-refractivity contribution in [2.45, 2.75) is 26.2 Å². The van der Waals surface area contributed by atoms with Crippen LogP contribution < -0.4 is 0 Å². The van der Waals surface area contributed by atoms with E-state index >= 15 is 0 Å². The Morgan fingerprint density at radius 2 is 1.95 bits per heavy atom. The van der Waals surface area contributed by atoms with Crippen molar-refractivity contribution in [1.82, 2.24) is 9.78 Å². The summed E-state index contributed by atoms with van der Waals surface area (Å²) in [6.07, 6.45) is 1.72. The number of aromatic carboxylic acids is 1. The van der Waals surface area contributed by atoms with E-state index in [0.717, 1.165) is 11.8 Å². The van der Waals surface area contributed by atoms with E-state index in [-0.39, 0.29) is 11.0 Å². The van der Waals surface area contributed by atoms with Crippen molar-refractivity contribution in [1.29, 1.82) is 0 Å². The van der Waals surface area contributed by atoms with Crippen molar-refractivity contribution in [3.63, 3.8) is 0 Å². The van der Waals surface area contributed by atoms with Crippen LogP contribution >= 0.6 is 0 Å². The van der Waals surface area contributed by atoms with Gasteiger partial charge >= 0.3 is 5.97 Å². The fourth-order valence-electron chi connectivity index (χ4n) is 2.17. The lowest BCUT2D eigenvalue weighted by Gasteiger charge is -2.18. The van der Waals surface area contributed by atoms with E-state index in [1.165, 1.54) is 12.1 Å². The summed E-state index contributed by atoms with van der Waals surface area (Å²) in [5.41, 5.74) is 1.56. The number of benzene rings is 1. The summed E-state index contributed by atoms with van der Waals surface area (Å²) in [7, 11) is 1.76. The summed E-state index contributed by atoms with van der Waals surface area (Å²) in [5, 5.41) is 13.7. The summed E-state index contributed by atoms with van der Waals surface area (Å²) < 4.78 is 15.1. The van der Waals surface area contributed by atoms with Crippen LogP contribution in [0.3, 0.4) is 0 Å². The first-order valence-corrected chi connectivity index (χ1v) is 6.27. The fraction of sp³-hybridized carbons (Fsp3) is 0.333. The summed E-state index contributed by atoms with van der Waals surface area (Å²) in [6, 6.07) is 3.68. The van der Waals surface area contributed by atoms with E-state index in [1.807, 2.05) is 20.8 Å². The van der Waals surface area contributed by atoms with E-state index in [9.17, 15) is 14.3 Å². The molecule has 0 bridgehead atoms. The molecule has 106 valence electrons. The smallest absolute Gasteiger partial charge is 0.336 e. The topological polar surface area (TPSA) is 55.1 Å². The molecule has 0 aliphatic carbocycles. The van der Waals surface area contributed by atoms with Crippen molar-refractivity contribution >= 4 is 5.97 Å². The molecule has 2 aromatic rings. The molecule has 5 heteroatoms. The maximum absolute atomic E-state index is 13.5. The highest BCUT2D eigenvalue weighted by Gasteiger charge is 2.25. The predicted molar refractivity (Wildman–Crippen MR) is 74.3 cm³/mol. The Bertz CT molecular complexity index is 669. The molecule has 2 rings (SSSR count). The van der Waals surface area contributed by atoms with Gasteiger partial charge in [-0.3, -0.25) is 4.68 Å². The second-order valence-electron chi connectivity index (χ2n) is 5.81. The predicted octanol–water partition coefficient (Wildman–Crippen LogP) is 3.22. The minimum Gasteiger partial charge on any atom is -0.478 e. The maximum Gasteiger partial charge on any atom is 0.336 e. The number of carboxylic acid groups (broad SMARTS) is 1. The quantitative estimate of drug-likeness (QED) is 0.916.